The van der Waals surface area contributed by atoms with Crippen molar-refractivity contribution < 1.29 is 0 Å². The summed E-state index contributed by atoms with van der Waals surface area (Å²) in [7, 11) is 0. The highest BCUT2D eigenvalue weighted by Gasteiger charge is 2.47. The van der Waals surface area contributed by atoms with Gasteiger partial charge in [-0.25, -0.2) is 0 Å². The summed E-state index contributed by atoms with van der Waals surface area (Å²) in [6.45, 7) is 5.63. The van der Waals surface area contributed by atoms with Gasteiger partial charge < -0.3 is 5.32 Å². The minimum absolute atomic E-state index is 0.528. The van der Waals surface area contributed by atoms with Gasteiger partial charge in [0, 0.05) is 10.7 Å². The minimum atomic E-state index is 0.528. The summed E-state index contributed by atoms with van der Waals surface area (Å²) in [5.74, 6) is 0. The molecule has 1 atom stereocenters. The number of thiophene rings is 1. The van der Waals surface area contributed by atoms with Crippen LogP contribution < -0.4 is 5.32 Å². The van der Waals surface area contributed by atoms with Gasteiger partial charge in [0.2, 0.25) is 0 Å². The molecule has 0 aliphatic heterocycles. The van der Waals surface area contributed by atoms with Gasteiger partial charge in [-0.2, -0.15) is 0 Å². The van der Waals surface area contributed by atoms with Crippen molar-refractivity contribution in [3.05, 3.63) is 35.2 Å². The standard InChI is InChI=1S/C16H21NS/c1-3-17-12(2)16(8-9-16)10-13-11-18-15-7-5-4-6-14(13)15/h4-7,11-12,17H,3,8-10H2,1-2H3. The fourth-order valence-electron chi connectivity index (χ4n) is 3.00. The second-order valence-corrected chi connectivity index (χ2v) is 6.49. The Bertz CT molecular complexity index is 539. The highest BCUT2D eigenvalue weighted by molar-refractivity contribution is 7.17. The molecular formula is C16H21NS. The Morgan fingerprint density at radius 3 is 2.83 bits per heavy atom. The number of nitrogens with one attached hydrogen (secondary N) is 1. The molecule has 1 unspecified atom stereocenters. The van der Waals surface area contributed by atoms with E-state index in [-0.39, 0.29) is 0 Å². The molecule has 1 saturated carbocycles. The van der Waals surface area contributed by atoms with E-state index >= 15 is 0 Å². The van der Waals surface area contributed by atoms with Gasteiger partial charge in [0.05, 0.1) is 0 Å². The average Bonchev–Trinajstić information content (AvgIpc) is 3.06. The highest BCUT2D eigenvalue weighted by Crippen LogP contribution is 2.52. The fraction of sp³-hybridized carbons (Fsp3) is 0.500. The van der Waals surface area contributed by atoms with Crippen molar-refractivity contribution in [3.8, 4) is 0 Å². The zero-order valence-corrected chi connectivity index (χ0v) is 12.0. The first kappa shape index (κ1) is 12.2. The summed E-state index contributed by atoms with van der Waals surface area (Å²) in [6.07, 6.45) is 4.00. The molecule has 0 bridgehead atoms. The van der Waals surface area contributed by atoms with Crippen molar-refractivity contribution in [3.63, 3.8) is 0 Å². The maximum atomic E-state index is 3.61. The van der Waals surface area contributed by atoms with E-state index in [0.717, 1.165) is 6.54 Å². The summed E-state index contributed by atoms with van der Waals surface area (Å²) in [6, 6.07) is 9.44. The maximum absolute atomic E-state index is 3.61. The summed E-state index contributed by atoms with van der Waals surface area (Å²) in [5, 5.41) is 7.45. The molecule has 2 heteroatoms. The Labute approximate surface area is 113 Å². The quantitative estimate of drug-likeness (QED) is 0.847. The third-order valence-electron chi connectivity index (χ3n) is 4.42. The van der Waals surface area contributed by atoms with Gasteiger partial charge in [0.1, 0.15) is 0 Å². The Hall–Kier alpha value is -0.860. The highest BCUT2D eigenvalue weighted by atomic mass is 32.1. The van der Waals surface area contributed by atoms with Gasteiger partial charge >= 0.3 is 0 Å². The molecule has 0 spiro atoms. The summed E-state index contributed by atoms with van der Waals surface area (Å²) in [5.41, 5.74) is 2.08. The van der Waals surface area contributed by atoms with Crippen molar-refractivity contribution in [1.82, 2.24) is 5.32 Å². The number of hydrogen-bond acceptors (Lipinski definition) is 2. The smallest absolute Gasteiger partial charge is 0.0345 e. The van der Waals surface area contributed by atoms with Crippen molar-refractivity contribution in [2.24, 2.45) is 5.41 Å². The van der Waals surface area contributed by atoms with Crippen LogP contribution in [-0.4, -0.2) is 12.6 Å². The van der Waals surface area contributed by atoms with Crippen LogP contribution in [0.5, 0.6) is 0 Å². The first-order valence-corrected chi connectivity index (χ1v) is 7.82. The maximum Gasteiger partial charge on any atom is 0.0345 e. The second-order valence-electron chi connectivity index (χ2n) is 5.58. The van der Waals surface area contributed by atoms with Crippen LogP contribution in [-0.2, 0) is 6.42 Å². The molecule has 2 aromatic rings. The van der Waals surface area contributed by atoms with Crippen molar-refractivity contribution in [2.45, 2.75) is 39.2 Å². The van der Waals surface area contributed by atoms with Crippen LogP contribution in [0.2, 0.25) is 0 Å². The van der Waals surface area contributed by atoms with Crippen LogP contribution in [0.4, 0.5) is 0 Å². The van der Waals surface area contributed by atoms with Crippen LogP contribution in [0.15, 0.2) is 29.6 Å². The molecular weight excluding hydrogens is 238 g/mol. The predicted molar refractivity (Wildman–Crippen MR) is 80.3 cm³/mol. The number of rotatable bonds is 5. The molecule has 18 heavy (non-hydrogen) atoms. The van der Waals surface area contributed by atoms with E-state index in [1.807, 2.05) is 11.3 Å². The van der Waals surface area contributed by atoms with E-state index in [0.29, 0.717) is 11.5 Å². The molecule has 1 nitrogen and oxygen atoms in total. The van der Waals surface area contributed by atoms with E-state index < -0.39 is 0 Å². The predicted octanol–water partition coefficient (Wildman–Crippen LogP) is 4.22. The molecule has 96 valence electrons. The molecule has 1 fully saturated rings. The molecule has 1 aromatic carbocycles. The van der Waals surface area contributed by atoms with Crippen LogP contribution in [0.3, 0.4) is 0 Å². The van der Waals surface area contributed by atoms with Crippen LogP contribution in [0.1, 0.15) is 32.3 Å². The van der Waals surface area contributed by atoms with Gasteiger partial charge in [0.25, 0.3) is 0 Å². The summed E-state index contributed by atoms with van der Waals surface area (Å²) in [4.78, 5) is 0. The van der Waals surface area contributed by atoms with Crippen molar-refractivity contribution >= 4 is 21.4 Å². The van der Waals surface area contributed by atoms with E-state index in [2.05, 4.69) is 48.8 Å². The monoisotopic (exact) mass is 259 g/mol. The lowest BCUT2D eigenvalue weighted by Gasteiger charge is -2.24. The van der Waals surface area contributed by atoms with E-state index in [9.17, 15) is 0 Å². The van der Waals surface area contributed by atoms with E-state index in [1.165, 1.54) is 29.3 Å². The normalized spacial score (nSPS) is 19.0. The first-order chi connectivity index (χ1) is 8.75. The first-order valence-electron chi connectivity index (χ1n) is 6.94. The average molecular weight is 259 g/mol. The third kappa shape index (κ3) is 2.08. The lowest BCUT2D eigenvalue weighted by Crippen LogP contribution is -2.35. The zero-order chi connectivity index (χ0) is 12.6. The molecule has 1 aliphatic rings. The zero-order valence-electron chi connectivity index (χ0n) is 11.2. The number of benzene rings is 1. The topological polar surface area (TPSA) is 12.0 Å². The SMILES string of the molecule is CCNC(C)C1(Cc2csc3ccccc23)CC1. The second kappa shape index (κ2) is 4.67. The van der Waals surface area contributed by atoms with Gasteiger partial charge in [0.15, 0.2) is 0 Å². The van der Waals surface area contributed by atoms with E-state index in [4.69, 9.17) is 0 Å². The fourth-order valence-corrected chi connectivity index (χ4v) is 3.96. The Morgan fingerprint density at radius 2 is 2.11 bits per heavy atom. The lowest BCUT2D eigenvalue weighted by atomic mass is 9.89. The van der Waals surface area contributed by atoms with Gasteiger partial charge in [-0.3, -0.25) is 0 Å². The Balaban J connectivity index is 1.84. The van der Waals surface area contributed by atoms with Gasteiger partial charge in [-0.15, -0.1) is 11.3 Å². The molecule has 3 rings (SSSR count). The van der Waals surface area contributed by atoms with Crippen molar-refractivity contribution in [2.75, 3.05) is 6.54 Å². The van der Waals surface area contributed by atoms with Crippen LogP contribution >= 0.6 is 11.3 Å². The number of fused-ring (bicyclic) bond motifs is 1. The largest absolute Gasteiger partial charge is 0.314 e. The van der Waals surface area contributed by atoms with Gasteiger partial charge in [-0.05, 0) is 60.5 Å². The number of hydrogen-bond donors (Lipinski definition) is 1. The Kier molecular flexibility index (Phi) is 3.16. The molecule has 0 amide bonds. The molecule has 1 N–H and O–H groups in total. The van der Waals surface area contributed by atoms with E-state index in [1.54, 1.807) is 5.56 Å². The lowest BCUT2D eigenvalue weighted by molar-refractivity contribution is 0.356. The van der Waals surface area contributed by atoms with Crippen LogP contribution in [0, 0.1) is 5.41 Å². The molecule has 0 radical (unpaired) electrons. The third-order valence-corrected chi connectivity index (χ3v) is 5.44. The molecule has 1 heterocycles. The van der Waals surface area contributed by atoms with Gasteiger partial charge in [-0.1, -0.05) is 25.1 Å². The van der Waals surface area contributed by atoms with Crippen molar-refractivity contribution in [1.29, 1.82) is 0 Å². The van der Waals surface area contributed by atoms with Crippen LogP contribution in [0.25, 0.3) is 10.1 Å². The molecule has 0 saturated heterocycles. The molecule has 1 aromatic heterocycles. The molecule has 1 aliphatic carbocycles. The summed E-state index contributed by atoms with van der Waals surface area (Å²) < 4.78 is 1.43. The minimum Gasteiger partial charge on any atom is -0.314 e. The summed E-state index contributed by atoms with van der Waals surface area (Å²) >= 11 is 1.89. The Morgan fingerprint density at radius 1 is 1.33 bits per heavy atom.